The Hall–Kier alpha value is -1.10. The molecule has 4 nitrogen and oxygen atoms in total. The normalized spacial score (nSPS) is 14.5. The number of nitrogens with zero attached hydrogens (tertiary/aromatic N) is 1. The summed E-state index contributed by atoms with van der Waals surface area (Å²) in [6.07, 6.45) is -0.378. The van der Waals surface area contributed by atoms with Crippen LogP contribution in [-0.2, 0) is 9.47 Å². The molecule has 2 N–H and O–H groups in total. The molecular weight excluding hydrogens is 240 g/mol. The van der Waals surface area contributed by atoms with Crippen LogP contribution in [-0.4, -0.2) is 39.1 Å². The molecule has 1 atom stereocenters. The van der Waals surface area contributed by atoms with Gasteiger partial charge >= 0.3 is 0 Å². The van der Waals surface area contributed by atoms with Gasteiger partial charge in [-0.05, 0) is 32.4 Å². The molecule has 1 rings (SSSR count). The summed E-state index contributed by atoms with van der Waals surface area (Å²) in [5.41, 5.74) is 7.99. The molecule has 0 spiro atoms. The lowest BCUT2D eigenvalue weighted by atomic mass is 9.96. The first-order chi connectivity index (χ1) is 9.04. The molecule has 0 aliphatic carbocycles. The van der Waals surface area contributed by atoms with Crippen LogP contribution in [0.3, 0.4) is 0 Å². The lowest BCUT2D eigenvalue weighted by Gasteiger charge is -2.45. The van der Waals surface area contributed by atoms with Crippen LogP contribution < -0.4 is 10.6 Å². The zero-order valence-corrected chi connectivity index (χ0v) is 12.6. The van der Waals surface area contributed by atoms with Crippen molar-refractivity contribution in [3.63, 3.8) is 0 Å². The highest BCUT2D eigenvalue weighted by molar-refractivity contribution is 5.55. The number of anilines is 1. The van der Waals surface area contributed by atoms with Gasteiger partial charge in [0.2, 0.25) is 0 Å². The van der Waals surface area contributed by atoms with Crippen LogP contribution in [0.5, 0.6) is 0 Å². The van der Waals surface area contributed by atoms with E-state index in [9.17, 15) is 0 Å². The van der Waals surface area contributed by atoms with Gasteiger partial charge in [-0.3, -0.25) is 0 Å². The highest BCUT2D eigenvalue weighted by Crippen LogP contribution is 2.30. The Kier molecular flexibility index (Phi) is 5.79. The second kappa shape index (κ2) is 6.89. The van der Waals surface area contributed by atoms with Gasteiger partial charge in [-0.2, -0.15) is 0 Å². The first-order valence-corrected chi connectivity index (χ1v) is 6.64. The molecular formula is C15H26N2O2. The van der Waals surface area contributed by atoms with E-state index in [4.69, 9.17) is 15.2 Å². The maximum atomic E-state index is 6.02. The van der Waals surface area contributed by atoms with Gasteiger partial charge in [0.1, 0.15) is 5.54 Å². The monoisotopic (exact) mass is 266 g/mol. The van der Waals surface area contributed by atoms with Gasteiger partial charge in [0.25, 0.3) is 0 Å². The number of hydrogen-bond acceptors (Lipinski definition) is 4. The predicted octanol–water partition coefficient (Wildman–Crippen LogP) is 2.16. The standard InChI is InChI=1S/C15H26N2O2/c1-6-17(13-10-8-7-9-12(13)2)15(3,11-16)14(18-4)19-5/h7-10,14H,6,11,16H2,1-5H3. The Morgan fingerprint density at radius 3 is 2.26 bits per heavy atom. The maximum absolute atomic E-state index is 6.02. The Morgan fingerprint density at radius 2 is 1.84 bits per heavy atom. The third-order valence-electron chi connectivity index (χ3n) is 3.69. The van der Waals surface area contributed by atoms with E-state index in [0.717, 1.165) is 12.2 Å². The molecule has 1 aromatic carbocycles. The van der Waals surface area contributed by atoms with E-state index in [0.29, 0.717) is 6.54 Å². The number of benzene rings is 1. The average Bonchev–Trinajstić information content (AvgIpc) is 2.43. The smallest absolute Gasteiger partial charge is 0.180 e. The minimum absolute atomic E-state index is 0.378. The third-order valence-corrected chi connectivity index (χ3v) is 3.69. The van der Waals surface area contributed by atoms with Gasteiger partial charge in [-0.15, -0.1) is 0 Å². The number of hydrogen-bond donors (Lipinski definition) is 1. The topological polar surface area (TPSA) is 47.7 Å². The van der Waals surface area contributed by atoms with Gasteiger partial charge in [0.15, 0.2) is 6.29 Å². The van der Waals surface area contributed by atoms with Crippen LogP contribution in [0.15, 0.2) is 24.3 Å². The molecule has 0 heterocycles. The Bertz CT molecular complexity index is 393. The largest absolute Gasteiger partial charge is 0.360 e. The lowest BCUT2D eigenvalue weighted by Crippen LogP contribution is -2.61. The Labute approximate surface area is 116 Å². The predicted molar refractivity (Wildman–Crippen MR) is 79.5 cm³/mol. The van der Waals surface area contributed by atoms with E-state index in [-0.39, 0.29) is 6.29 Å². The quantitative estimate of drug-likeness (QED) is 0.768. The van der Waals surface area contributed by atoms with Gasteiger partial charge in [0.05, 0.1) is 0 Å². The van der Waals surface area contributed by atoms with Crippen LogP contribution in [0.2, 0.25) is 0 Å². The molecule has 19 heavy (non-hydrogen) atoms. The summed E-state index contributed by atoms with van der Waals surface area (Å²) in [4.78, 5) is 2.25. The second-order valence-electron chi connectivity index (χ2n) is 4.90. The first-order valence-electron chi connectivity index (χ1n) is 6.64. The van der Waals surface area contributed by atoms with Crippen molar-refractivity contribution in [3.8, 4) is 0 Å². The molecule has 1 unspecified atom stereocenters. The maximum Gasteiger partial charge on any atom is 0.180 e. The number of rotatable bonds is 7. The molecule has 0 aliphatic heterocycles. The van der Waals surface area contributed by atoms with Crippen molar-refractivity contribution in [2.75, 3.05) is 32.2 Å². The molecule has 1 aromatic rings. The number of ether oxygens (including phenoxy) is 2. The van der Waals surface area contributed by atoms with E-state index >= 15 is 0 Å². The minimum atomic E-state index is -0.412. The molecule has 0 bridgehead atoms. The zero-order valence-electron chi connectivity index (χ0n) is 12.6. The van der Waals surface area contributed by atoms with Crippen molar-refractivity contribution in [2.45, 2.75) is 32.6 Å². The van der Waals surface area contributed by atoms with E-state index in [2.05, 4.69) is 37.8 Å². The fourth-order valence-corrected chi connectivity index (χ4v) is 2.61. The molecule has 0 aromatic heterocycles. The van der Waals surface area contributed by atoms with Gasteiger partial charge < -0.3 is 20.1 Å². The third kappa shape index (κ3) is 3.08. The average molecular weight is 266 g/mol. The van der Waals surface area contributed by atoms with Crippen molar-refractivity contribution in [1.82, 2.24) is 0 Å². The minimum Gasteiger partial charge on any atom is -0.360 e. The number of likely N-dealkylation sites (N-methyl/N-ethyl adjacent to an activating group) is 1. The van der Waals surface area contributed by atoms with Crippen molar-refractivity contribution >= 4 is 5.69 Å². The summed E-state index contributed by atoms with van der Waals surface area (Å²) >= 11 is 0. The van der Waals surface area contributed by atoms with Crippen molar-refractivity contribution in [2.24, 2.45) is 5.73 Å². The number of nitrogens with two attached hydrogens (primary N) is 1. The highest BCUT2D eigenvalue weighted by atomic mass is 16.7. The van der Waals surface area contributed by atoms with Crippen molar-refractivity contribution in [1.29, 1.82) is 0 Å². The zero-order chi connectivity index (χ0) is 14.5. The van der Waals surface area contributed by atoms with Crippen LogP contribution in [0.4, 0.5) is 5.69 Å². The Balaban J connectivity index is 3.22. The number of methoxy groups -OCH3 is 2. The molecule has 0 saturated carbocycles. The van der Waals surface area contributed by atoms with Gasteiger partial charge in [0, 0.05) is 33.0 Å². The summed E-state index contributed by atoms with van der Waals surface area (Å²) in [5, 5.41) is 0. The number of aryl methyl sites for hydroxylation is 1. The fraction of sp³-hybridized carbons (Fsp3) is 0.600. The highest BCUT2D eigenvalue weighted by Gasteiger charge is 2.39. The van der Waals surface area contributed by atoms with E-state index in [1.807, 2.05) is 12.1 Å². The van der Waals surface area contributed by atoms with Crippen LogP contribution >= 0.6 is 0 Å². The van der Waals surface area contributed by atoms with E-state index < -0.39 is 5.54 Å². The van der Waals surface area contributed by atoms with Crippen LogP contribution in [0.1, 0.15) is 19.4 Å². The summed E-state index contributed by atoms with van der Waals surface area (Å²) in [7, 11) is 3.29. The number of para-hydroxylation sites is 1. The van der Waals surface area contributed by atoms with Crippen LogP contribution in [0.25, 0.3) is 0 Å². The molecule has 0 radical (unpaired) electrons. The van der Waals surface area contributed by atoms with Crippen molar-refractivity contribution in [3.05, 3.63) is 29.8 Å². The molecule has 0 aliphatic rings. The van der Waals surface area contributed by atoms with Gasteiger partial charge in [-0.25, -0.2) is 0 Å². The SMILES string of the molecule is CCN(c1ccccc1C)C(C)(CN)C(OC)OC. The van der Waals surface area contributed by atoms with E-state index in [1.54, 1.807) is 14.2 Å². The van der Waals surface area contributed by atoms with Gasteiger partial charge in [-0.1, -0.05) is 18.2 Å². The summed E-state index contributed by atoms with van der Waals surface area (Å²) in [5.74, 6) is 0. The van der Waals surface area contributed by atoms with Crippen molar-refractivity contribution < 1.29 is 9.47 Å². The lowest BCUT2D eigenvalue weighted by molar-refractivity contribution is -0.141. The van der Waals surface area contributed by atoms with Crippen LogP contribution in [0, 0.1) is 6.92 Å². The molecule has 108 valence electrons. The second-order valence-corrected chi connectivity index (χ2v) is 4.90. The summed E-state index contributed by atoms with van der Waals surface area (Å²) in [6, 6.07) is 8.28. The van der Waals surface area contributed by atoms with E-state index in [1.165, 1.54) is 5.56 Å². The summed E-state index contributed by atoms with van der Waals surface area (Å²) in [6.45, 7) is 7.57. The molecule has 0 amide bonds. The first kappa shape index (κ1) is 16.0. The Morgan fingerprint density at radius 1 is 1.26 bits per heavy atom. The fourth-order valence-electron chi connectivity index (χ4n) is 2.61. The summed E-state index contributed by atoms with van der Waals surface area (Å²) < 4.78 is 10.9. The molecule has 0 fully saturated rings. The molecule has 4 heteroatoms. The molecule has 0 saturated heterocycles.